The summed E-state index contributed by atoms with van der Waals surface area (Å²) in [7, 11) is 1.64. The van der Waals surface area contributed by atoms with Crippen molar-refractivity contribution in [1.82, 2.24) is 20.1 Å². The van der Waals surface area contributed by atoms with Gasteiger partial charge in [0.25, 0.3) is 5.91 Å². The van der Waals surface area contributed by atoms with Crippen LogP contribution < -0.4 is 21.1 Å². The van der Waals surface area contributed by atoms with Crippen molar-refractivity contribution in [2.75, 3.05) is 24.3 Å². The number of carbonyl (C=O) groups is 1. The number of hydrogen-bond acceptors (Lipinski definition) is 9. The third-order valence-corrected chi connectivity index (χ3v) is 6.81. The Morgan fingerprint density at radius 3 is 2.86 bits per heavy atom. The molecule has 2 aliphatic rings. The van der Waals surface area contributed by atoms with Crippen LogP contribution in [-0.4, -0.2) is 45.7 Å². The molecular formula is C26H28N8O2. The van der Waals surface area contributed by atoms with E-state index in [1.54, 1.807) is 13.2 Å². The Kier molecular flexibility index (Phi) is 6.64. The Hall–Kier alpha value is -4.23. The third kappa shape index (κ3) is 4.78. The molecular weight excluding hydrogens is 456 g/mol. The van der Waals surface area contributed by atoms with Crippen molar-refractivity contribution in [3.05, 3.63) is 58.8 Å². The van der Waals surface area contributed by atoms with E-state index in [9.17, 15) is 4.79 Å². The summed E-state index contributed by atoms with van der Waals surface area (Å²) in [4.78, 5) is 19.1. The smallest absolute Gasteiger partial charge is 0.273 e. The summed E-state index contributed by atoms with van der Waals surface area (Å²) in [5.41, 5.74) is 10.1. The number of ether oxygens (including phenoxy) is 1. The maximum absolute atomic E-state index is 12.0. The summed E-state index contributed by atoms with van der Waals surface area (Å²) in [5, 5.41) is 23.5. The Balaban J connectivity index is 1.46. The summed E-state index contributed by atoms with van der Waals surface area (Å²) < 4.78 is 5.68. The quantitative estimate of drug-likeness (QED) is 0.459. The number of piperidine rings is 1. The van der Waals surface area contributed by atoms with Gasteiger partial charge >= 0.3 is 0 Å². The molecule has 36 heavy (non-hydrogen) atoms. The molecule has 1 fully saturated rings. The lowest BCUT2D eigenvalue weighted by Gasteiger charge is -2.40. The first-order valence-corrected chi connectivity index (χ1v) is 12.0. The number of nitriles is 1. The Morgan fingerprint density at radius 1 is 1.19 bits per heavy atom. The van der Waals surface area contributed by atoms with Crippen molar-refractivity contribution < 1.29 is 9.53 Å². The molecule has 0 radical (unpaired) electrons. The molecule has 3 aromatic rings. The molecule has 1 atom stereocenters. The lowest BCUT2D eigenvalue weighted by Crippen LogP contribution is -2.43. The number of rotatable bonds is 7. The number of anilines is 4. The van der Waals surface area contributed by atoms with Crippen molar-refractivity contribution in [2.24, 2.45) is 5.73 Å². The molecule has 4 N–H and O–H groups in total. The van der Waals surface area contributed by atoms with Gasteiger partial charge in [-0.05, 0) is 60.7 Å². The van der Waals surface area contributed by atoms with Gasteiger partial charge < -0.3 is 21.1 Å². The summed E-state index contributed by atoms with van der Waals surface area (Å²) in [6, 6.07) is 14.2. The maximum Gasteiger partial charge on any atom is 0.273 e. The fraction of sp³-hybridized carbons (Fsp3) is 0.346. The van der Waals surface area contributed by atoms with Gasteiger partial charge in [-0.1, -0.05) is 24.6 Å². The zero-order valence-electron chi connectivity index (χ0n) is 20.1. The van der Waals surface area contributed by atoms with Gasteiger partial charge in [-0.15, -0.1) is 10.2 Å². The van der Waals surface area contributed by atoms with E-state index in [1.165, 1.54) is 30.4 Å². The number of hydrogen-bond donors (Lipinski definition) is 3. The Labute approximate surface area is 209 Å². The van der Waals surface area contributed by atoms with Gasteiger partial charge in [0.1, 0.15) is 5.75 Å². The molecule has 1 unspecified atom stereocenters. The molecule has 10 heteroatoms. The molecule has 0 bridgehead atoms. The fourth-order valence-electron chi connectivity index (χ4n) is 5.00. The molecule has 0 saturated carbocycles. The van der Waals surface area contributed by atoms with Crippen LogP contribution in [-0.2, 0) is 19.4 Å². The predicted molar refractivity (Wildman–Crippen MR) is 135 cm³/mol. The second-order valence-electron chi connectivity index (χ2n) is 9.08. The normalized spacial score (nSPS) is 16.8. The highest BCUT2D eigenvalue weighted by molar-refractivity contribution is 5.96. The average molecular weight is 485 g/mol. The molecule has 184 valence electrons. The number of nitrogens with two attached hydrogens (primary N) is 1. The first-order valence-electron chi connectivity index (χ1n) is 12.0. The minimum Gasteiger partial charge on any atom is -0.495 e. The molecule has 2 aliphatic heterocycles. The second-order valence-corrected chi connectivity index (χ2v) is 9.08. The number of benzene rings is 2. The van der Waals surface area contributed by atoms with Gasteiger partial charge in [-0.3, -0.25) is 9.69 Å². The molecule has 5 rings (SSSR count). The molecule has 0 spiro atoms. The van der Waals surface area contributed by atoms with Crippen LogP contribution in [0.25, 0.3) is 0 Å². The summed E-state index contributed by atoms with van der Waals surface area (Å²) in [6.45, 7) is 2.03. The number of nitrogens with zero attached hydrogens (tertiary/aromatic N) is 5. The van der Waals surface area contributed by atoms with Gasteiger partial charge in [0, 0.05) is 18.3 Å². The van der Waals surface area contributed by atoms with Gasteiger partial charge in [-0.2, -0.15) is 10.2 Å². The van der Waals surface area contributed by atoms with Gasteiger partial charge in [0.2, 0.25) is 5.95 Å². The summed E-state index contributed by atoms with van der Waals surface area (Å²) in [5.74, 6) is 0.266. The van der Waals surface area contributed by atoms with Gasteiger partial charge in [0.15, 0.2) is 11.5 Å². The Morgan fingerprint density at radius 2 is 2.06 bits per heavy atom. The number of fused-ring (bicyclic) bond motifs is 2. The number of para-hydroxylation sites is 1. The van der Waals surface area contributed by atoms with E-state index < -0.39 is 5.91 Å². The van der Waals surface area contributed by atoms with E-state index in [-0.39, 0.29) is 23.9 Å². The van der Waals surface area contributed by atoms with Crippen LogP contribution in [0, 0.1) is 11.3 Å². The van der Waals surface area contributed by atoms with E-state index in [0.29, 0.717) is 17.5 Å². The van der Waals surface area contributed by atoms with Crippen LogP contribution in [0.15, 0.2) is 36.4 Å². The number of amides is 1. The van der Waals surface area contributed by atoms with Crippen molar-refractivity contribution in [2.45, 2.75) is 44.7 Å². The molecule has 1 aromatic heterocycles. The van der Waals surface area contributed by atoms with Crippen molar-refractivity contribution in [1.29, 1.82) is 5.26 Å². The molecule has 10 nitrogen and oxygen atoms in total. The number of primary amides is 1. The molecule has 0 aliphatic carbocycles. The zero-order chi connectivity index (χ0) is 25.1. The zero-order valence-corrected chi connectivity index (χ0v) is 20.1. The van der Waals surface area contributed by atoms with Crippen LogP contribution in [0.1, 0.15) is 46.4 Å². The minimum absolute atomic E-state index is 0.0964. The number of carbonyl (C=O) groups excluding carboxylic acids is 1. The number of nitrogens with one attached hydrogen (secondary N) is 2. The van der Waals surface area contributed by atoms with Crippen LogP contribution >= 0.6 is 0 Å². The predicted octanol–water partition coefficient (Wildman–Crippen LogP) is 3.44. The highest BCUT2D eigenvalue weighted by Crippen LogP contribution is 2.36. The molecule has 3 heterocycles. The maximum atomic E-state index is 12.0. The monoisotopic (exact) mass is 484 g/mol. The highest BCUT2D eigenvalue weighted by Gasteiger charge is 2.29. The molecule has 1 amide bonds. The van der Waals surface area contributed by atoms with E-state index in [0.717, 1.165) is 30.8 Å². The standard InChI is InChI=1S/C26H28N8O2/c1-36-22-14-17-12-19-7-4-5-11-34(19)15-18(17)13-21(22)30-26-31-25(23(24(28)35)32-33-26)29-20-8-3-2-6-16(20)9-10-27/h2-3,6,8,13-14,19H,4-5,7,9,11-12,15H2,1H3,(H2,28,35)(H2,29,30,31,33). The van der Waals surface area contributed by atoms with Crippen molar-refractivity contribution in [3.63, 3.8) is 0 Å². The largest absolute Gasteiger partial charge is 0.495 e. The van der Waals surface area contributed by atoms with Gasteiger partial charge in [0.05, 0.1) is 25.3 Å². The summed E-state index contributed by atoms with van der Waals surface area (Å²) >= 11 is 0. The van der Waals surface area contributed by atoms with Crippen LogP contribution in [0.3, 0.4) is 0 Å². The molecule has 1 saturated heterocycles. The minimum atomic E-state index is -0.760. The number of aromatic nitrogens is 3. The third-order valence-electron chi connectivity index (χ3n) is 6.81. The van der Waals surface area contributed by atoms with Crippen LogP contribution in [0.2, 0.25) is 0 Å². The van der Waals surface area contributed by atoms with Crippen LogP contribution in [0.4, 0.5) is 23.1 Å². The topological polar surface area (TPSA) is 142 Å². The van der Waals surface area contributed by atoms with E-state index >= 15 is 0 Å². The van der Waals surface area contributed by atoms with E-state index in [4.69, 9.17) is 15.7 Å². The molecule has 2 aromatic carbocycles. The first-order chi connectivity index (χ1) is 17.6. The lowest BCUT2D eigenvalue weighted by molar-refractivity contribution is 0.0995. The van der Waals surface area contributed by atoms with E-state index in [2.05, 4.69) is 48.9 Å². The SMILES string of the molecule is COc1cc2c(cc1Nc1nnc(C(N)=O)c(Nc3ccccc3CC#N)n1)CN1CCCCC1C2. The fourth-order valence-corrected chi connectivity index (χ4v) is 5.00. The highest BCUT2D eigenvalue weighted by atomic mass is 16.5. The van der Waals surface area contributed by atoms with Crippen molar-refractivity contribution >= 4 is 29.0 Å². The van der Waals surface area contributed by atoms with Crippen molar-refractivity contribution in [3.8, 4) is 11.8 Å². The first kappa shape index (κ1) is 23.5. The van der Waals surface area contributed by atoms with Gasteiger partial charge in [-0.25, -0.2) is 0 Å². The Bertz CT molecular complexity index is 1340. The van der Waals surface area contributed by atoms with Crippen LogP contribution in [0.5, 0.6) is 5.75 Å². The van der Waals surface area contributed by atoms with E-state index in [1.807, 2.05) is 18.2 Å². The lowest BCUT2D eigenvalue weighted by atomic mass is 9.88. The average Bonchev–Trinajstić information content (AvgIpc) is 2.88. The summed E-state index contributed by atoms with van der Waals surface area (Å²) in [6.07, 6.45) is 4.99. The number of methoxy groups -OCH3 is 1. The second kappa shape index (κ2) is 10.2.